The predicted octanol–water partition coefficient (Wildman–Crippen LogP) is -2.94. The topological polar surface area (TPSA) is 93.6 Å². The first-order valence-corrected chi connectivity index (χ1v) is 5.50. The van der Waals surface area contributed by atoms with E-state index in [0.29, 0.717) is 5.36 Å². The van der Waals surface area contributed by atoms with E-state index in [1.165, 1.54) is 6.07 Å². The zero-order valence-corrected chi connectivity index (χ0v) is 9.71. The second kappa shape index (κ2) is 3.36. The number of amides is 2. The molecule has 3 rings (SSSR count). The van der Waals surface area contributed by atoms with Crippen LogP contribution in [0.2, 0.25) is 0 Å². The highest BCUT2D eigenvalue weighted by Crippen LogP contribution is 2.22. The van der Waals surface area contributed by atoms with Gasteiger partial charge in [-0.1, -0.05) is 24.0 Å². The summed E-state index contributed by atoms with van der Waals surface area (Å²) in [5.41, 5.74) is -2.06. The van der Waals surface area contributed by atoms with E-state index in [2.05, 4.69) is 27.8 Å². The number of fused-ring (bicyclic) bond motifs is 1. The van der Waals surface area contributed by atoms with Crippen LogP contribution in [-0.2, 0) is 9.59 Å². The van der Waals surface area contributed by atoms with Crippen molar-refractivity contribution in [1.29, 1.82) is 0 Å². The van der Waals surface area contributed by atoms with Gasteiger partial charge in [-0.25, -0.2) is 0 Å². The smallest absolute Gasteiger partial charge is 0.267 e. The molecule has 2 amide bonds. The van der Waals surface area contributed by atoms with Gasteiger partial charge in [0, 0.05) is 0 Å². The lowest BCUT2D eigenvalue weighted by molar-refractivity contribution is -0.257. The summed E-state index contributed by atoms with van der Waals surface area (Å²) in [6.07, 6.45) is 0. The number of benzene rings is 1. The Labute approximate surface area is 106 Å². The molecule has 0 radical (unpaired) electrons. The third-order valence-corrected chi connectivity index (χ3v) is 3.08. The summed E-state index contributed by atoms with van der Waals surface area (Å²) < 4.78 is 0. The molecular weight excluding hydrogens is 254 g/mol. The lowest BCUT2D eigenvalue weighted by Gasteiger charge is -2.34. The van der Waals surface area contributed by atoms with Gasteiger partial charge in [0.05, 0.1) is 5.36 Å². The van der Waals surface area contributed by atoms with Crippen molar-refractivity contribution in [2.75, 3.05) is 0 Å². The zero-order valence-electron chi connectivity index (χ0n) is 8.89. The van der Waals surface area contributed by atoms with E-state index in [4.69, 9.17) is 0 Å². The van der Waals surface area contributed by atoms with E-state index in [1.54, 1.807) is 18.2 Å². The lowest BCUT2D eigenvalue weighted by Crippen LogP contribution is -2.67. The van der Waals surface area contributed by atoms with E-state index in [1.807, 2.05) is 0 Å². The average molecular weight is 260 g/mol. The highest BCUT2D eigenvalue weighted by molar-refractivity contribution is 7.80. The van der Waals surface area contributed by atoms with Gasteiger partial charge in [-0.05, 0) is 23.5 Å². The van der Waals surface area contributed by atoms with Gasteiger partial charge >= 0.3 is 0 Å². The summed E-state index contributed by atoms with van der Waals surface area (Å²) in [6, 6.07) is 6.44. The SMILES string of the molecule is O=C1NC(=S)NC(=O)C12N=c1ccccc1=C2[O-]. The highest BCUT2D eigenvalue weighted by atomic mass is 32.1. The number of carbonyl (C=O) groups is 2. The Kier molecular flexibility index (Phi) is 2.02. The largest absolute Gasteiger partial charge is 0.873 e. The maximum absolute atomic E-state index is 12.2. The molecule has 90 valence electrons. The molecule has 2 heterocycles. The number of hydrogen-bond acceptors (Lipinski definition) is 5. The molecule has 1 spiro atoms. The van der Waals surface area contributed by atoms with Crippen molar-refractivity contribution < 1.29 is 14.7 Å². The molecule has 2 aliphatic rings. The average Bonchev–Trinajstić information content (AvgIpc) is 2.62. The van der Waals surface area contributed by atoms with E-state index < -0.39 is 23.1 Å². The molecule has 18 heavy (non-hydrogen) atoms. The van der Waals surface area contributed by atoms with Crippen LogP contribution in [0.15, 0.2) is 29.3 Å². The number of para-hydroxylation sites is 1. The molecule has 2 N–H and O–H groups in total. The Hall–Kier alpha value is -2.28. The van der Waals surface area contributed by atoms with Crippen LogP contribution in [0, 0.1) is 0 Å². The van der Waals surface area contributed by atoms with Gasteiger partial charge in [-0.15, -0.1) is 0 Å². The maximum atomic E-state index is 12.2. The first kappa shape index (κ1) is 10.8. The van der Waals surface area contributed by atoms with Crippen molar-refractivity contribution in [3.05, 3.63) is 34.8 Å². The van der Waals surface area contributed by atoms with E-state index >= 15 is 0 Å². The maximum Gasteiger partial charge on any atom is 0.267 e. The number of nitrogens with one attached hydrogen (secondary N) is 2. The molecule has 0 atom stereocenters. The Balaban J connectivity index is 2.31. The lowest BCUT2D eigenvalue weighted by atomic mass is 9.94. The minimum Gasteiger partial charge on any atom is -0.873 e. The molecular formula is C11H6N3O3S-. The van der Waals surface area contributed by atoms with Crippen molar-refractivity contribution in [3.8, 4) is 0 Å². The third kappa shape index (κ3) is 1.16. The van der Waals surface area contributed by atoms with Crippen molar-refractivity contribution in [3.63, 3.8) is 0 Å². The van der Waals surface area contributed by atoms with E-state index in [9.17, 15) is 14.7 Å². The zero-order chi connectivity index (χ0) is 12.9. The minimum absolute atomic E-state index is 0.116. The predicted molar refractivity (Wildman–Crippen MR) is 62.2 cm³/mol. The van der Waals surface area contributed by atoms with Crippen LogP contribution in [-0.4, -0.2) is 22.5 Å². The van der Waals surface area contributed by atoms with Crippen molar-refractivity contribution in [2.45, 2.75) is 5.54 Å². The van der Waals surface area contributed by atoms with Crippen LogP contribution in [0.3, 0.4) is 0 Å². The summed E-state index contributed by atoms with van der Waals surface area (Å²) in [7, 11) is 0. The van der Waals surface area contributed by atoms with Gasteiger partial charge in [0.1, 0.15) is 0 Å². The summed E-state index contributed by atoms with van der Waals surface area (Å²) in [5.74, 6) is -2.24. The number of hydrogen-bond donors (Lipinski definition) is 2. The van der Waals surface area contributed by atoms with Gasteiger partial charge in [-0.3, -0.25) is 25.2 Å². The highest BCUT2D eigenvalue weighted by Gasteiger charge is 2.50. The molecule has 0 bridgehead atoms. The first-order chi connectivity index (χ1) is 8.55. The molecule has 1 saturated heterocycles. The van der Waals surface area contributed by atoms with Crippen LogP contribution >= 0.6 is 12.2 Å². The molecule has 2 aliphatic heterocycles. The third-order valence-electron chi connectivity index (χ3n) is 2.88. The van der Waals surface area contributed by atoms with Gasteiger partial charge in [0.15, 0.2) is 5.11 Å². The fraction of sp³-hybridized carbons (Fsp3) is 0.0909. The van der Waals surface area contributed by atoms with Crippen LogP contribution < -0.4 is 26.3 Å². The normalized spacial score (nSPS) is 20.2. The van der Waals surface area contributed by atoms with Crippen molar-refractivity contribution in [1.82, 2.24) is 10.6 Å². The fourth-order valence-corrected chi connectivity index (χ4v) is 2.20. The second-order valence-corrected chi connectivity index (χ2v) is 4.31. The second-order valence-electron chi connectivity index (χ2n) is 3.91. The summed E-state index contributed by atoms with van der Waals surface area (Å²) in [5, 5.41) is 17.2. The Bertz CT molecular complexity index is 705. The summed E-state index contributed by atoms with van der Waals surface area (Å²) in [6.45, 7) is 0. The molecule has 0 aliphatic carbocycles. The molecule has 6 nitrogen and oxygen atoms in total. The van der Waals surface area contributed by atoms with Crippen molar-refractivity contribution >= 4 is 34.9 Å². The Morgan fingerprint density at radius 2 is 1.78 bits per heavy atom. The fourth-order valence-electron chi connectivity index (χ4n) is 2.02. The van der Waals surface area contributed by atoms with E-state index in [0.717, 1.165) is 0 Å². The van der Waals surface area contributed by atoms with Crippen molar-refractivity contribution in [2.24, 2.45) is 4.99 Å². The van der Waals surface area contributed by atoms with Gasteiger partial charge in [-0.2, -0.15) is 0 Å². The Morgan fingerprint density at radius 3 is 2.39 bits per heavy atom. The molecule has 0 unspecified atom stereocenters. The van der Waals surface area contributed by atoms with Crippen LogP contribution in [0.25, 0.3) is 5.76 Å². The first-order valence-electron chi connectivity index (χ1n) is 5.09. The van der Waals surface area contributed by atoms with Crippen LogP contribution in [0.5, 0.6) is 0 Å². The monoisotopic (exact) mass is 260 g/mol. The molecule has 0 aromatic heterocycles. The van der Waals surface area contributed by atoms with Crippen LogP contribution in [0.4, 0.5) is 0 Å². The number of carbonyl (C=O) groups excluding carboxylic acids is 2. The minimum atomic E-state index is -2.06. The summed E-state index contributed by atoms with van der Waals surface area (Å²) in [4.78, 5) is 27.9. The van der Waals surface area contributed by atoms with Gasteiger partial charge < -0.3 is 5.11 Å². The van der Waals surface area contributed by atoms with E-state index in [-0.39, 0.29) is 10.3 Å². The number of nitrogens with zero attached hydrogens (tertiary/aromatic N) is 1. The quantitative estimate of drug-likeness (QED) is 0.385. The van der Waals surface area contributed by atoms with Gasteiger partial charge in [0.2, 0.25) is 5.54 Å². The van der Waals surface area contributed by atoms with Gasteiger partial charge in [0.25, 0.3) is 11.8 Å². The number of rotatable bonds is 0. The Morgan fingerprint density at radius 1 is 1.17 bits per heavy atom. The number of thiocarbonyl (C=S) groups is 1. The molecule has 7 heteroatoms. The standard InChI is InChI=1S/C11H7N3O3S/c15-7-5-3-1-2-4-6(5)14-11(7)8(16)12-10(18)13-9(11)17/h1-4,15H,(H2,12,13,16,17,18)/p-1. The molecule has 1 aromatic carbocycles. The summed E-state index contributed by atoms with van der Waals surface area (Å²) >= 11 is 4.69. The molecule has 1 aromatic rings. The van der Waals surface area contributed by atoms with Crippen LogP contribution in [0.1, 0.15) is 0 Å². The molecule has 1 fully saturated rings. The molecule has 0 saturated carbocycles.